The number of piperidine rings is 1. The molecule has 1 aliphatic rings. The van der Waals surface area contributed by atoms with Gasteiger partial charge in [0.25, 0.3) is 5.91 Å². The van der Waals surface area contributed by atoms with Crippen LogP contribution in [0.1, 0.15) is 26.2 Å². The van der Waals surface area contributed by atoms with E-state index < -0.39 is 17.8 Å². The topological polar surface area (TPSA) is 70.6 Å². The van der Waals surface area contributed by atoms with Crippen LogP contribution in [0.2, 0.25) is 0 Å². The average Bonchev–Trinajstić information content (AvgIpc) is 2.70. The molecule has 1 amide bonds. The first-order valence-electron chi connectivity index (χ1n) is 9.47. The summed E-state index contributed by atoms with van der Waals surface area (Å²) in [5, 5.41) is 2.79. The summed E-state index contributed by atoms with van der Waals surface area (Å²) >= 11 is 0. The van der Waals surface area contributed by atoms with E-state index >= 15 is 0 Å². The molecule has 1 fully saturated rings. The molecular formula is C20H26FN5O2. The maximum absolute atomic E-state index is 13.7. The van der Waals surface area contributed by atoms with Gasteiger partial charge in [-0.2, -0.15) is 4.98 Å². The van der Waals surface area contributed by atoms with E-state index in [1.54, 1.807) is 25.3 Å². The van der Waals surface area contributed by atoms with Crippen molar-refractivity contribution < 1.29 is 13.9 Å². The zero-order valence-corrected chi connectivity index (χ0v) is 16.5. The third-order valence-electron chi connectivity index (χ3n) is 4.59. The van der Waals surface area contributed by atoms with Crippen molar-refractivity contribution in [1.29, 1.82) is 0 Å². The molecule has 0 bridgehead atoms. The molecule has 1 atom stereocenters. The molecule has 0 aliphatic carbocycles. The molecule has 2 heterocycles. The van der Waals surface area contributed by atoms with Gasteiger partial charge in [0.15, 0.2) is 23.5 Å². The molecule has 1 aromatic carbocycles. The normalized spacial score (nSPS) is 15.1. The number of nitrogens with zero attached hydrogens (tertiary/aromatic N) is 4. The van der Waals surface area contributed by atoms with Crippen LogP contribution in [-0.2, 0) is 4.79 Å². The highest BCUT2D eigenvalue weighted by Crippen LogP contribution is 2.26. The fraction of sp³-hybridized carbons (Fsp3) is 0.450. The Morgan fingerprint density at radius 2 is 1.96 bits per heavy atom. The number of aromatic nitrogens is 2. The van der Waals surface area contributed by atoms with Gasteiger partial charge in [-0.1, -0.05) is 12.1 Å². The molecule has 1 saturated heterocycles. The molecule has 1 aliphatic heterocycles. The van der Waals surface area contributed by atoms with E-state index in [2.05, 4.69) is 20.2 Å². The SMILES string of the molecule is CC(Oc1ccccc1F)C(=O)Nc1cnc(N2CCCCC2)nc1N(C)C. The fourth-order valence-corrected chi connectivity index (χ4v) is 3.06. The van der Waals surface area contributed by atoms with Crippen molar-refractivity contribution in [2.75, 3.05) is 42.3 Å². The molecule has 1 unspecified atom stereocenters. The highest BCUT2D eigenvalue weighted by molar-refractivity contribution is 5.96. The second kappa shape index (κ2) is 8.86. The first kappa shape index (κ1) is 19.9. The number of para-hydroxylation sites is 1. The lowest BCUT2D eigenvalue weighted by Crippen LogP contribution is -2.33. The summed E-state index contributed by atoms with van der Waals surface area (Å²) in [5.41, 5.74) is 0.486. The maximum Gasteiger partial charge on any atom is 0.265 e. The number of anilines is 3. The highest BCUT2D eigenvalue weighted by atomic mass is 19.1. The number of ether oxygens (including phenoxy) is 1. The Labute approximate surface area is 164 Å². The van der Waals surface area contributed by atoms with Gasteiger partial charge in [-0.05, 0) is 38.3 Å². The summed E-state index contributed by atoms with van der Waals surface area (Å²) in [6, 6.07) is 6.00. The standard InChI is InChI=1S/C20H26FN5O2/c1-14(28-17-10-6-5-9-15(17)21)19(27)23-16-13-22-20(24-18(16)25(2)3)26-11-7-4-8-12-26/h5-6,9-10,13-14H,4,7-8,11-12H2,1-3H3,(H,23,27). The molecule has 28 heavy (non-hydrogen) atoms. The van der Waals surface area contributed by atoms with Gasteiger partial charge in [0.05, 0.1) is 6.20 Å². The van der Waals surface area contributed by atoms with Gasteiger partial charge in [0.1, 0.15) is 5.69 Å². The molecule has 1 N–H and O–H groups in total. The van der Waals surface area contributed by atoms with Gasteiger partial charge in [0, 0.05) is 27.2 Å². The largest absolute Gasteiger partial charge is 0.478 e. The molecule has 3 rings (SSSR count). The lowest BCUT2D eigenvalue weighted by atomic mass is 10.1. The number of halogens is 1. The van der Waals surface area contributed by atoms with Crippen LogP contribution in [0.5, 0.6) is 5.75 Å². The Balaban J connectivity index is 1.73. The van der Waals surface area contributed by atoms with Gasteiger partial charge in [-0.25, -0.2) is 9.37 Å². The molecule has 2 aromatic rings. The molecule has 0 spiro atoms. The summed E-state index contributed by atoms with van der Waals surface area (Å²) in [6.45, 7) is 3.44. The molecule has 7 nitrogen and oxygen atoms in total. The molecule has 0 radical (unpaired) electrons. The van der Waals surface area contributed by atoms with Crippen molar-refractivity contribution in [3.63, 3.8) is 0 Å². The first-order valence-corrected chi connectivity index (χ1v) is 9.47. The second-order valence-corrected chi connectivity index (χ2v) is 7.03. The van der Waals surface area contributed by atoms with Crippen LogP contribution in [0.15, 0.2) is 30.5 Å². The second-order valence-electron chi connectivity index (χ2n) is 7.03. The smallest absolute Gasteiger partial charge is 0.265 e. The number of carbonyl (C=O) groups excluding carboxylic acids is 1. The van der Waals surface area contributed by atoms with Crippen LogP contribution < -0.4 is 19.9 Å². The van der Waals surface area contributed by atoms with Crippen LogP contribution in [0, 0.1) is 5.82 Å². The van der Waals surface area contributed by atoms with Crippen molar-refractivity contribution in [2.45, 2.75) is 32.3 Å². The quantitative estimate of drug-likeness (QED) is 0.821. The lowest BCUT2D eigenvalue weighted by Gasteiger charge is -2.28. The zero-order valence-electron chi connectivity index (χ0n) is 16.5. The lowest BCUT2D eigenvalue weighted by molar-refractivity contribution is -0.122. The predicted octanol–water partition coefficient (Wildman–Crippen LogP) is 3.08. The van der Waals surface area contributed by atoms with Crippen molar-refractivity contribution in [2.24, 2.45) is 0 Å². The number of rotatable bonds is 6. The molecule has 1 aromatic heterocycles. The molecule has 8 heteroatoms. The van der Waals surface area contributed by atoms with Crippen molar-refractivity contribution in [1.82, 2.24) is 9.97 Å². The third kappa shape index (κ3) is 4.68. The summed E-state index contributed by atoms with van der Waals surface area (Å²) in [4.78, 5) is 25.6. The maximum atomic E-state index is 13.7. The van der Waals surface area contributed by atoms with Gasteiger partial charge in [0.2, 0.25) is 5.95 Å². The van der Waals surface area contributed by atoms with Crippen molar-refractivity contribution >= 4 is 23.4 Å². The summed E-state index contributed by atoms with van der Waals surface area (Å²) in [5.74, 6) is 0.403. The molecule has 0 saturated carbocycles. The van der Waals surface area contributed by atoms with E-state index in [1.165, 1.54) is 18.6 Å². The number of amides is 1. The van der Waals surface area contributed by atoms with Crippen LogP contribution >= 0.6 is 0 Å². The van der Waals surface area contributed by atoms with E-state index in [0.717, 1.165) is 25.9 Å². The number of hydrogen-bond donors (Lipinski definition) is 1. The van der Waals surface area contributed by atoms with Crippen LogP contribution in [0.25, 0.3) is 0 Å². The Hall–Kier alpha value is -2.90. The first-order chi connectivity index (χ1) is 13.5. The van der Waals surface area contributed by atoms with E-state index in [9.17, 15) is 9.18 Å². The van der Waals surface area contributed by atoms with E-state index in [0.29, 0.717) is 17.5 Å². The third-order valence-corrected chi connectivity index (χ3v) is 4.59. The Morgan fingerprint density at radius 3 is 2.64 bits per heavy atom. The van der Waals surface area contributed by atoms with Gasteiger partial charge >= 0.3 is 0 Å². The van der Waals surface area contributed by atoms with Crippen molar-refractivity contribution in [3.8, 4) is 5.75 Å². The minimum absolute atomic E-state index is 0.0367. The van der Waals surface area contributed by atoms with E-state index in [-0.39, 0.29) is 5.75 Å². The number of hydrogen-bond acceptors (Lipinski definition) is 6. The Kier molecular flexibility index (Phi) is 6.28. The Morgan fingerprint density at radius 1 is 1.25 bits per heavy atom. The monoisotopic (exact) mass is 387 g/mol. The highest BCUT2D eigenvalue weighted by Gasteiger charge is 2.21. The molecular weight excluding hydrogens is 361 g/mol. The van der Waals surface area contributed by atoms with Gasteiger partial charge in [-0.3, -0.25) is 4.79 Å². The van der Waals surface area contributed by atoms with Gasteiger partial charge in [-0.15, -0.1) is 0 Å². The summed E-state index contributed by atoms with van der Waals surface area (Å²) < 4.78 is 19.2. The van der Waals surface area contributed by atoms with Crippen LogP contribution in [-0.4, -0.2) is 49.2 Å². The predicted molar refractivity (Wildman–Crippen MR) is 108 cm³/mol. The number of nitrogens with one attached hydrogen (secondary N) is 1. The zero-order chi connectivity index (χ0) is 20.1. The van der Waals surface area contributed by atoms with E-state index in [1.807, 2.05) is 19.0 Å². The fourth-order valence-electron chi connectivity index (χ4n) is 3.06. The number of carbonyl (C=O) groups is 1. The van der Waals surface area contributed by atoms with Crippen LogP contribution in [0.3, 0.4) is 0 Å². The van der Waals surface area contributed by atoms with Gasteiger partial charge < -0.3 is 19.9 Å². The van der Waals surface area contributed by atoms with E-state index in [4.69, 9.17) is 4.74 Å². The van der Waals surface area contributed by atoms with Crippen LogP contribution in [0.4, 0.5) is 21.8 Å². The number of benzene rings is 1. The minimum atomic E-state index is -0.881. The van der Waals surface area contributed by atoms with Crippen molar-refractivity contribution in [3.05, 3.63) is 36.3 Å². The Bertz CT molecular complexity index is 824. The minimum Gasteiger partial charge on any atom is -0.478 e. The average molecular weight is 387 g/mol. The summed E-state index contributed by atoms with van der Waals surface area (Å²) in [7, 11) is 3.72. The molecule has 150 valence electrons. The summed E-state index contributed by atoms with van der Waals surface area (Å²) in [6.07, 6.45) is 4.22.